The third-order valence-corrected chi connectivity index (χ3v) is 2.72. The van der Waals surface area contributed by atoms with E-state index in [1.54, 1.807) is 13.8 Å². The molecule has 0 aromatic heterocycles. The second-order valence-corrected chi connectivity index (χ2v) is 4.93. The Hall–Kier alpha value is -2.90. The number of nitro benzene ring substituents is 1. The zero-order chi connectivity index (χ0) is 17.6. The van der Waals surface area contributed by atoms with E-state index in [0.717, 1.165) is 5.57 Å². The highest BCUT2D eigenvalue weighted by Crippen LogP contribution is 2.29. The first kappa shape index (κ1) is 18.1. The minimum absolute atomic E-state index is 0.122. The van der Waals surface area contributed by atoms with E-state index in [1.165, 1.54) is 38.3 Å². The highest BCUT2D eigenvalue weighted by Gasteiger charge is 2.20. The maximum Gasteiger partial charge on any atom is 0.331 e. The van der Waals surface area contributed by atoms with Gasteiger partial charge < -0.3 is 14.8 Å². The highest BCUT2D eigenvalue weighted by molar-refractivity contribution is 5.97. The summed E-state index contributed by atoms with van der Waals surface area (Å²) in [6, 6.07) is 3.79. The molecule has 0 aliphatic heterocycles. The molecule has 0 saturated heterocycles. The molecule has 0 fully saturated rings. The number of amides is 1. The molecule has 1 rings (SSSR count). The van der Waals surface area contributed by atoms with Crippen LogP contribution in [0.5, 0.6) is 5.75 Å². The zero-order valence-corrected chi connectivity index (χ0v) is 13.3. The standard InChI is InChI=1S/C15H18N2O6/c1-9(2)7-14(18)23-10(3)15(19)16-12-8-11(17(20)21)5-6-13(12)22-4/h5-8,10H,1-4H3,(H,16,19)/t10-/m0/s1. The Morgan fingerprint density at radius 2 is 2.00 bits per heavy atom. The van der Waals surface area contributed by atoms with Gasteiger partial charge in [-0.1, -0.05) is 5.57 Å². The molecule has 23 heavy (non-hydrogen) atoms. The van der Waals surface area contributed by atoms with Crippen LogP contribution in [0.15, 0.2) is 29.8 Å². The summed E-state index contributed by atoms with van der Waals surface area (Å²) < 4.78 is 9.98. The van der Waals surface area contributed by atoms with Crippen LogP contribution in [0.2, 0.25) is 0 Å². The number of nitro groups is 1. The number of carbonyl (C=O) groups is 2. The fourth-order valence-electron chi connectivity index (χ4n) is 1.64. The summed E-state index contributed by atoms with van der Waals surface area (Å²) in [5, 5.41) is 13.2. The number of nitrogens with zero attached hydrogens (tertiary/aromatic N) is 1. The Kier molecular flexibility index (Phi) is 6.25. The van der Waals surface area contributed by atoms with Crippen molar-refractivity contribution in [2.24, 2.45) is 0 Å². The summed E-state index contributed by atoms with van der Waals surface area (Å²) in [7, 11) is 1.37. The molecule has 1 aromatic carbocycles. The first-order valence-electron chi connectivity index (χ1n) is 6.73. The highest BCUT2D eigenvalue weighted by atomic mass is 16.6. The van der Waals surface area contributed by atoms with Crippen LogP contribution in [0.25, 0.3) is 0 Å². The molecule has 0 heterocycles. The van der Waals surface area contributed by atoms with Gasteiger partial charge >= 0.3 is 5.97 Å². The van der Waals surface area contributed by atoms with Crippen LogP contribution in [0.3, 0.4) is 0 Å². The normalized spacial score (nSPS) is 11.1. The van der Waals surface area contributed by atoms with Gasteiger partial charge in [-0.25, -0.2) is 4.79 Å². The molecular formula is C15H18N2O6. The molecule has 1 atom stereocenters. The number of hydrogen-bond acceptors (Lipinski definition) is 6. The average molecular weight is 322 g/mol. The molecule has 1 amide bonds. The monoisotopic (exact) mass is 322 g/mol. The summed E-state index contributed by atoms with van der Waals surface area (Å²) in [6.45, 7) is 4.84. The first-order valence-corrected chi connectivity index (χ1v) is 6.73. The predicted molar refractivity (Wildman–Crippen MR) is 83.3 cm³/mol. The van der Waals surface area contributed by atoms with E-state index in [-0.39, 0.29) is 17.1 Å². The molecule has 0 aliphatic carbocycles. The van der Waals surface area contributed by atoms with Gasteiger partial charge in [0.1, 0.15) is 5.75 Å². The molecule has 0 saturated carbocycles. The third kappa shape index (κ3) is 5.42. The maximum absolute atomic E-state index is 12.0. The molecule has 0 unspecified atom stereocenters. The predicted octanol–water partition coefficient (Wildman–Crippen LogP) is 2.44. The zero-order valence-electron chi connectivity index (χ0n) is 13.3. The van der Waals surface area contributed by atoms with Crippen molar-refractivity contribution < 1.29 is 24.0 Å². The number of esters is 1. The van der Waals surface area contributed by atoms with Crippen LogP contribution in [0, 0.1) is 10.1 Å². The number of carbonyl (C=O) groups excluding carboxylic acids is 2. The van der Waals surface area contributed by atoms with E-state index in [9.17, 15) is 19.7 Å². The van der Waals surface area contributed by atoms with E-state index in [2.05, 4.69) is 5.32 Å². The number of ether oxygens (including phenoxy) is 2. The quantitative estimate of drug-likeness (QED) is 0.373. The van der Waals surface area contributed by atoms with Gasteiger partial charge in [0.05, 0.1) is 17.7 Å². The summed E-state index contributed by atoms with van der Waals surface area (Å²) >= 11 is 0. The minimum atomic E-state index is -1.07. The molecule has 0 bridgehead atoms. The van der Waals surface area contributed by atoms with E-state index >= 15 is 0 Å². The lowest BCUT2D eigenvalue weighted by molar-refractivity contribution is -0.384. The number of anilines is 1. The number of hydrogen-bond donors (Lipinski definition) is 1. The first-order chi connectivity index (χ1) is 10.7. The van der Waals surface area contributed by atoms with E-state index < -0.39 is 22.9 Å². The number of benzene rings is 1. The molecule has 0 radical (unpaired) electrons. The number of methoxy groups -OCH3 is 1. The van der Waals surface area contributed by atoms with Crippen LogP contribution in [0.4, 0.5) is 11.4 Å². The van der Waals surface area contributed by atoms with E-state index in [1.807, 2.05) is 0 Å². The Labute approximate surface area is 133 Å². The minimum Gasteiger partial charge on any atom is -0.495 e. The Balaban J connectivity index is 2.87. The van der Waals surface area contributed by atoms with Gasteiger partial charge in [-0.3, -0.25) is 14.9 Å². The summed E-state index contributed by atoms with van der Waals surface area (Å²) in [5.74, 6) is -1.01. The van der Waals surface area contributed by atoms with Gasteiger partial charge in [-0.15, -0.1) is 0 Å². The molecule has 1 N–H and O–H groups in total. The number of allylic oxidation sites excluding steroid dienone is 1. The number of nitrogens with one attached hydrogen (secondary N) is 1. The Bertz CT molecular complexity index is 649. The second kappa shape index (κ2) is 7.92. The molecule has 0 spiro atoms. The van der Waals surface area contributed by atoms with Crippen molar-refractivity contribution in [2.45, 2.75) is 26.9 Å². The van der Waals surface area contributed by atoms with E-state index in [0.29, 0.717) is 0 Å². The van der Waals surface area contributed by atoms with Crippen molar-refractivity contribution in [3.8, 4) is 5.75 Å². The summed E-state index contributed by atoms with van der Waals surface area (Å²) in [5.41, 5.74) is 0.662. The van der Waals surface area contributed by atoms with E-state index in [4.69, 9.17) is 9.47 Å². The Morgan fingerprint density at radius 1 is 1.35 bits per heavy atom. The van der Waals surface area contributed by atoms with Gasteiger partial charge in [0.15, 0.2) is 6.10 Å². The lowest BCUT2D eigenvalue weighted by Crippen LogP contribution is -2.29. The molecule has 0 aliphatic rings. The Morgan fingerprint density at radius 3 is 2.52 bits per heavy atom. The van der Waals surface area contributed by atoms with Crippen molar-refractivity contribution >= 4 is 23.3 Å². The SMILES string of the molecule is COc1ccc([N+](=O)[O-])cc1NC(=O)[C@H](C)OC(=O)C=C(C)C. The lowest BCUT2D eigenvalue weighted by atomic mass is 10.2. The molecule has 8 heteroatoms. The van der Waals surface area contributed by atoms with Gasteiger partial charge in [0.25, 0.3) is 11.6 Å². The number of non-ortho nitro benzene ring substituents is 1. The van der Waals surface area contributed by atoms with Crippen LogP contribution in [-0.2, 0) is 14.3 Å². The van der Waals surface area contributed by atoms with Gasteiger partial charge in [-0.2, -0.15) is 0 Å². The lowest BCUT2D eigenvalue weighted by Gasteiger charge is -2.14. The maximum atomic E-state index is 12.0. The molecule has 1 aromatic rings. The van der Waals surface area contributed by atoms with Gasteiger partial charge in [0, 0.05) is 18.2 Å². The molecule has 124 valence electrons. The average Bonchev–Trinajstić information content (AvgIpc) is 2.45. The van der Waals surface area contributed by atoms with Gasteiger partial charge in [0.2, 0.25) is 0 Å². The van der Waals surface area contributed by atoms with Crippen LogP contribution < -0.4 is 10.1 Å². The second-order valence-electron chi connectivity index (χ2n) is 4.93. The topological polar surface area (TPSA) is 108 Å². The summed E-state index contributed by atoms with van der Waals surface area (Å²) in [4.78, 5) is 33.8. The summed E-state index contributed by atoms with van der Waals surface area (Å²) in [6.07, 6.45) is 0.194. The van der Waals surface area contributed by atoms with Crippen molar-refractivity contribution in [3.63, 3.8) is 0 Å². The largest absolute Gasteiger partial charge is 0.495 e. The van der Waals surface area contributed by atoms with Gasteiger partial charge in [-0.05, 0) is 26.8 Å². The van der Waals surface area contributed by atoms with Crippen LogP contribution in [0.1, 0.15) is 20.8 Å². The van der Waals surface area contributed by atoms with Crippen molar-refractivity contribution in [2.75, 3.05) is 12.4 Å². The van der Waals surface area contributed by atoms with Crippen LogP contribution >= 0.6 is 0 Å². The fourth-order valence-corrected chi connectivity index (χ4v) is 1.64. The fraction of sp³-hybridized carbons (Fsp3) is 0.333. The smallest absolute Gasteiger partial charge is 0.331 e. The van der Waals surface area contributed by atoms with Crippen LogP contribution in [-0.4, -0.2) is 30.0 Å². The van der Waals surface area contributed by atoms with Crippen molar-refractivity contribution in [1.29, 1.82) is 0 Å². The van der Waals surface area contributed by atoms with Crippen molar-refractivity contribution in [1.82, 2.24) is 0 Å². The van der Waals surface area contributed by atoms with Crippen molar-refractivity contribution in [3.05, 3.63) is 40.0 Å². The molecular weight excluding hydrogens is 304 g/mol. The number of rotatable bonds is 6. The third-order valence-electron chi connectivity index (χ3n) is 2.72. The molecule has 8 nitrogen and oxygen atoms in total.